The fourth-order valence-electron chi connectivity index (χ4n) is 4.63. The van der Waals surface area contributed by atoms with Crippen molar-refractivity contribution in [1.29, 1.82) is 5.41 Å². The number of nitrogens with one attached hydrogen (secondary N) is 1. The average Bonchev–Trinajstić information content (AvgIpc) is 3.34. The van der Waals surface area contributed by atoms with Crippen LogP contribution in [0.15, 0.2) is 39.9 Å². The van der Waals surface area contributed by atoms with Crippen LogP contribution >= 0.6 is 23.4 Å². The maximum atomic E-state index is 13.6. The number of fused-ring (bicyclic) bond motifs is 1. The van der Waals surface area contributed by atoms with E-state index in [9.17, 15) is 9.18 Å². The van der Waals surface area contributed by atoms with Gasteiger partial charge < -0.3 is 4.57 Å². The van der Waals surface area contributed by atoms with E-state index >= 15 is 0 Å². The van der Waals surface area contributed by atoms with Gasteiger partial charge in [-0.1, -0.05) is 30.9 Å². The number of amides is 1. The van der Waals surface area contributed by atoms with Crippen molar-refractivity contribution in [1.82, 2.24) is 9.58 Å². The smallest absolute Gasteiger partial charge is 0.283 e. The standard InChI is InChI=1S/C24H23ClFN5OS/c1-13-10-16(14(2)30(13)17-8-9-20(26)19(25)12-17)11-18-21(27)31-24(28-22(18)32)33-23(29-31)15-6-4-3-5-7-15/h8-12,15,27H,3-7H2,1-2H3/b18-11-,27-21?. The molecule has 6 nitrogen and oxygen atoms in total. The fourth-order valence-corrected chi connectivity index (χ4v) is 5.87. The van der Waals surface area contributed by atoms with Gasteiger partial charge in [0.25, 0.3) is 5.91 Å². The molecule has 0 unspecified atom stereocenters. The van der Waals surface area contributed by atoms with Gasteiger partial charge in [-0.15, -0.1) is 0 Å². The fraction of sp³-hybridized carbons (Fsp3) is 0.333. The Morgan fingerprint density at radius 3 is 2.70 bits per heavy atom. The summed E-state index contributed by atoms with van der Waals surface area (Å²) in [5, 5.41) is 16.3. The van der Waals surface area contributed by atoms with Gasteiger partial charge in [-0.3, -0.25) is 10.2 Å². The lowest BCUT2D eigenvalue weighted by atomic mass is 9.90. The van der Waals surface area contributed by atoms with Gasteiger partial charge in [0.05, 0.1) is 10.6 Å². The zero-order valence-electron chi connectivity index (χ0n) is 18.4. The Kier molecular flexibility index (Phi) is 5.74. The summed E-state index contributed by atoms with van der Waals surface area (Å²) in [7, 11) is 0. The monoisotopic (exact) mass is 483 g/mol. The molecule has 3 aliphatic rings. The van der Waals surface area contributed by atoms with Gasteiger partial charge in [-0.25, -0.2) is 4.39 Å². The first-order valence-electron chi connectivity index (χ1n) is 11.0. The van der Waals surface area contributed by atoms with E-state index in [1.165, 1.54) is 42.1 Å². The molecule has 0 bridgehead atoms. The van der Waals surface area contributed by atoms with Gasteiger partial charge in [-0.2, -0.15) is 15.1 Å². The van der Waals surface area contributed by atoms with Gasteiger partial charge in [0.15, 0.2) is 5.84 Å². The number of aromatic nitrogens is 1. The molecule has 1 amide bonds. The third-order valence-corrected chi connectivity index (χ3v) is 7.72. The van der Waals surface area contributed by atoms with E-state index in [0.717, 1.165) is 40.5 Å². The largest absolute Gasteiger partial charge is 0.318 e. The summed E-state index contributed by atoms with van der Waals surface area (Å²) in [6.45, 7) is 3.84. The molecule has 0 spiro atoms. The van der Waals surface area contributed by atoms with Gasteiger partial charge in [0, 0.05) is 23.0 Å². The highest BCUT2D eigenvalue weighted by Gasteiger charge is 2.38. The van der Waals surface area contributed by atoms with Crippen LogP contribution in [0.3, 0.4) is 0 Å². The molecule has 1 N–H and O–H groups in total. The summed E-state index contributed by atoms with van der Waals surface area (Å²) in [6.07, 6.45) is 7.50. The molecule has 3 heterocycles. The number of thioether (sulfide) groups is 1. The molecule has 2 aromatic rings. The van der Waals surface area contributed by atoms with Crippen LogP contribution in [0.4, 0.5) is 4.39 Å². The predicted octanol–water partition coefficient (Wildman–Crippen LogP) is 6.09. The maximum Gasteiger partial charge on any atom is 0.283 e. The minimum atomic E-state index is -0.475. The second kappa shape index (κ2) is 8.57. The van der Waals surface area contributed by atoms with Gasteiger partial charge in [0.1, 0.15) is 10.9 Å². The van der Waals surface area contributed by atoms with Gasteiger partial charge in [0.2, 0.25) is 5.17 Å². The number of benzene rings is 1. The van der Waals surface area contributed by atoms with E-state index in [1.54, 1.807) is 18.2 Å². The number of aryl methyl sites for hydroxylation is 1. The lowest BCUT2D eigenvalue weighted by molar-refractivity contribution is -0.114. The van der Waals surface area contributed by atoms with Crippen molar-refractivity contribution in [3.63, 3.8) is 0 Å². The van der Waals surface area contributed by atoms with E-state index in [0.29, 0.717) is 11.1 Å². The first kappa shape index (κ1) is 22.1. The maximum absolute atomic E-state index is 13.6. The highest BCUT2D eigenvalue weighted by Crippen LogP contribution is 2.36. The number of amidine groups is 2. The van der Waals surface area contributed by atoms with Crippen molar-refractivity contribution in [3.8, 4) is 5.69 Å². The summed E-state index contributed by atoms with van der Waals surface area (Å²) in [6, 6.07) is 6.49. The average molecular weight is 484 g/mol. The quantitative estimate of drug-likeness (QED) is 0.537. The molecule has 0 atom stereocenters. The molecule has 1 saturated carbocycles. The lowest BCUT2D eigenvalue weighted by Gasteiger charge is -2.20. The van der Waals surface area contributed by atoms with Crippen LogP contribution in [0.1, 0.15) is 49.1 Å². The van der Waals surface area contributed by atoms with Crippen LogP contribution < -0.4 is 0 Å². The Hall–Kier alpha value is -2.71. The molecule has 0 radical (unpaired) electrons. The van der Waals surface area contributed by atoms with Crippen molar-refractivity contribution < 1.29 is 9.18 Å². The predicted molar refractivity (Wildman–Crippen MR) is 132 cm³/mol. The molecule has 5 rings (SSSR count). The molecular formula is C24H23ClFN5OS. The van der Waals surface area contributed by atoms with Crippen LogP contribution in [0.5, 0.6) is 0 Å². The van der Waals surface area contributed by atoms with E-state index in [4.69, 9.17) is 17.0 Å². The second-order valence-corrected chi connectivity index (χ2v) is 9.95. The number of hydrazone groups is 1. The molecule has 1 fully saturated rings. The summed E-state index contributed by atoms with van der Waals surface area (Å²) in [5.41, 5.74) is 3.45. The first-order chi connectivity index (χ1) is 15.8. The Morgan fingerprint density at radius 2 is 1.97 bits per heavy atom. The van der Waals surface area contributed by atoms with E-state index in [-0.39, 0.29) is 16.4 Å². The number of hydrogen-bond acceptors (Lipinski definition) is 4. The topological polar surface area (TPSA) is 73.8 Å². The van der Waals surface area contributed by atoms with Crippen molar-refractivity contribution in [3.05, 3.63) is 57.6 Å². The number of carbonyl (C=O) groups excluding carboxylic acids is 1. The molecule has 170 valence electrons. The zero-order valence-corrected chi connectivity index (χ0v) is 19.9. The molecule has 1 aromatic heterocycles. The molecule has 9 heteroatoms. The van der Waals surface area contributed by atoms with Crippen LogP contribution in [0.2, 0.25) is 5.02 Å². The molecule has 2 aliphatic heterocycles. The van der Waals surface area contributed by atoms with E-state index in [1.807, 2.05) is 24.5 Å². The number of halogens is 2. The van der Waals surface area contributed by atoms with Crippen LogP contribution in [0, 0.1) is 31.0 Å². The van der Waals surface area contributed by atoms with Crippen LogP contribution in [-0.4, -0.2) is 31.5 Å². The van der Waals surface area contributed by atoms with Crippen molar-refractivity contribution in [2.24, 2.45) is 16.0 Å². The minimum Gasteiger partial charge on any atom is -0.318 e. The van der Waals surface area contributed by atoms with Gasteiger partial charge in [-0.05, 0) is 74.4 Å². The van der Waals surface area contributed by atoms with Crippen LogP contribution in [-0.2, 0) is 4.79 Å². The summed E-state index contributed by atoms with van der Waals surface area (Å²) < 4.78 is 15.6. The minimum absolute atomic E-state index is 0.0398. The number of carbonyl (C=O) groups is 1. The molecule has 0 saturated heterocycles. The Balaban J connectivity index is 1.48. The Morgan fingerprint density at radius 1 is 1.21 bits per heavy atom. The normalized spacial score (nSPS) is 20.4. The van der Waals surface area contributed by atoms with Gasteiger partial charge >= 0.3 is 0 Å². The lowest BCUT2D eigenvalue weighted by Crippen LogP contribution is -2.35. The number of rotatable bonds is 3. The third kappa shape index (κ3) is 3.95. The zero-order chi connectivity index (χ0) is 23.3. The van der Waals surface area contributed by atoms with E-state index in [2.05, 4.69) is 10.1 Å². The summed E-state index contributed by atoms with van der Waals surface area (Å²) in [5.74, 6) is -0.489. The highest BCUT2D eigenvalue weighted by molar-refractivity contribution is 8.27. The molecule has 1 aromatic carbocycles. The third-order valence-electron chi connectivity index (χ3n) is 6.36. The molecule has 1 aliphatic carbocycles. The van der Waals surface area contributed by atoms with Crippen molar-refractivity contribution in [2.75, 3.05) is 0 Å². The Bertz CT molecular complexity index is 1270. The van der Waals surface area contributed by atoms with Crippen molar-refractivity contribution >= 4 is 51.4 Å². The Labute approximate surface area is 200 Å². The summed E-state index contributed by atoms with van der Waals surface area (Å²) in [4.78, 5) is 17.1. The molecular weight excluding hydrogens is 461 g/mol. The van der Waals surface area contributed by atoms with Crippen LogP contribution in [0.25, 0.3) is 11.8 Å². The SMILES string of the molecule is Cc1cc(/C=C2/C(=N)N3N=C(C4CCCCC4)SC3=NC2=O)c(C)n1-c1ccc(F)c(Cl)c1. The molecule has 33 heavy (non-hydrogen) atoms. The van der Waals surface area contributed by atoms with Crippen molar-refractivity contribution in [2.45, 2.75) is 46.0 Å². The number of aliphatic imine (C=N–C) groups is 1. The number of nitrogens with zero attached hydrogens (tertiary/aromatic N) is 4. The number of hydrogen-bond donors (Lipinski definition) is 1. The highest BCUT2D eigenvalue weighted by atomic mass is 35.5. The summed E-state index contributed by atoms with van der Waals surface area (Å²) >= 11 is 7.40. The second-order valence-electron chi connectivity index (χ2n) is 8.55. The first-order valence-corrected chi connectivity index (χ1v) is 12.2. The van der Waals surface area contributed by atoms with E-state index < -0.39 is 11.7 Å².